The fraction of sp³-hybridized carbons (Fsp3) is 0.647. The molecule has 1 saturated heterocycles. The second kappa shape index (κ2) is 18.3. The molecule has 2 aliphatic rings. The Kier molecular flexibility index (Phi) is 14.8. The molecule has 3 amide bonds. The molecule has 47 heavy (non-hydrogen) atoms. The maximum atomic E-state index is 13.4. The van der Waals surface area contributed by atoms with Gasteiger partial charge in [-0.05, 0) is 78.2 Å². The molecule has 0 spiro atoms. The molecule has 0 bridgehead atoms. The van der Waals surface area contributed by atoms with Crippen molar-refractivity contribution in [3.05, 3.63) is 53.4 Å². The highest BCUT2D eigenvalue weighted by atomic mass is 16.8. The van der Waals surface area contributed by atoms with Gasteiger partial charge in [-0.15, -0.1) is 0 Å². The number of aryl methyl sites for hydroxylation is 1. The van der Waals surface area contributed by atoms with Crippen LogP contribution in [0.3, 0.4) is 0 Å². The van der Waals surface area contributed by atoms with E-state index in [2.05, 4.69) is 30.8 Å². The molecule has 5 unspecified atom stereocenters. The van der Waals surface area contributed by atoms with Crippen molar-refractivity contribution in [2.24, 2.45) is 11.8 Å². The molecule has 1 aliphatic carbocycles. The lowest BCUT2D eigenvalue weighted by atomic mass is 9.72. The first-order valence-corrected chi connectivity index (χ1v) is 16.6. The fourth-order valence-electron chi connectivity index (χ4n) is 6.28. The molecule has 2 heterocycles. The van der Waals surface area contributed by atoms with Crippen molar-refractivity contribution >= 4 is 17.7 Å². The van der Waals surface area contributed by atoms with Crippen molar-refractivity contribution in [3.8, 4) is 0 Å². The molecule has 13 heteroatoms. The highest BCUT2D eigenvalue weighted by Gasteiger charge is 2.41. The number of hydrogen-bond acceptors (Lipinski definition) is 10. The Morgan fingerprint density at radius 2 is 1.79 bits per heavy atom. The summed E-state index contributed by atoms with van der Waals surface area (Å²) in [6.45, 7) is 12.0. The number of amides is 3. The van der Waals surface area contributed by atoms with Crippen molar-refractivity contribution in [3.63, 3.8) is 0 Å². The number of piperidine rings is 1. The van der Waals surface area contributed by atoms with Crippen molar-refractivity contribution in [2.45, 2.75) is 110 Å². The van der Waals surface area contributed by atoms with Gasteiger partial charge < -0.3 is 25.6 Å². The highest BCUT2D eigenvalue weighted by molar-refractivity contribution is 5.97. The molecule has 13 nitrogen and oxygen atoms in total. The van der Waals surface area contributed by atoms with Crippen molar-refractivity contribution in [2.75, 3.05) is 19.6 Å². The van der Waals surface area contributed by atoms with Crippen LogP contribution in [0.4, 0.5) is 0 Å². The summed E-state index contributed by atoms with van der Waals surface area (Å²) in [4.78, 5) is 45.3. The lowest BCUT2D eigenvalue weighted by Crippen LogP contribution is -2.60. The topological polar surface area (TPSA) is 178 Å². The van der Waals surface area contributed by atoms with Gasteiger partial charge in [0.15, 0.2) is 0 Å². The Morgan fingerprint density at radius 3 is 2.36 bits per heavy atom. The third-order valence-corrected chi connectivity index (χ3v) is 8.53. The summed E-state index contributed by atoms with van der Waals surface area (Å²) in [6.07, 6.45) is 6.23. The van der Waals surface area contributed by atoms with Crippen molar-refractivity contribution in [1.82, 2.24) is 31.7 Å². The summed E-state index contributed by atoms with van der Waals surface area (Å²) in [7, 11) is 0. The Morgan fingerprint density at radius 1 is 1.11 bits per heavy atom. The molecule has 2 fully saturated rings. The van der Waals surface area contributed by atoms with Gasteiger partial charge in [0.25, 0.3) is 5.91 Å². The van der Waals surface area contributed by atoms with E-state index in [9.17, 15) is 19.5 Å². The van der Waals surface area contributed by atoms with Gasteiger partial charge in [-0.25, -0.2) is 0 Å². The zero-order valence-corrected chi connectivity index (χ0v) is 28.6. The van der Waals surface area contributed by atoms with Crippen LogP contribution in [0.1, 0.15) is 88.3 Å². The summed E-state index contributed by atoms with van der Waals surface area (Å²) in [5.74, 6) is 0.143. The third-order valence-electron chi connectivity index (χ3n) is 8.53. The number of aliphatic hydroxyl groups is 1. The number of nitrogens with zero attached hydrogens (tertiary/aromatic N) is 2. The van der Waals surface area contributed by atoms with Gasteiger partial charge in [-0.2, -0.15) is 0 Å². The summed E-state index contributed by atoms with van der Waals surface area (Å²) in [6, 6.07) is 8.72. The monoisotopic (exact) mass is 658 g/mol. The van der Waals surface area contributed by atoms with Gasteiger partial charge >= 0.3 is 0 Å². The minimum atomic E-state index is -0.930. The molecule has 262 valence electrons. The molecule has 0 radical (unpaired) electrons. The van der Waals surface area contributed by atoms with E-state index in [0.29, 0.717) is 24.0 Å². The molecule has 5 atom stereocenters. The van der Waals surface area contributed by atoms with Crippen molar-refractivity contribution < 1.29 is 34.1 Å². The van der Waals surface area contributed by atoms with E-state index in [1.165, 1.54) is 19.1 Å². The van der Waals surface area contributed by atoms with Crippen LogP contribution in [0.2, 0.25) is 0 Å². The number of benzene rings is 1. The van der Waals surface area contributed by atoms with Crippen LogP contribution in [0, 0.1) is 18.8 Å². The number of β-amino-alcohol motifs (C(OH)–C–C–N with tert-alkyl or cyclic N) is 1. The lowest BCUT2D eigenvalue weighted by Gasteiger charge is -2.47. The number of aromatic nitrogens is 1. The molecule has 1 aliphatic heterocycles. The summed E-state index contributed by atoms with van der Waals surface area (Å²) >= 11 is 0. The van der Waals surface area contributed by atoms with Gasteiger partial charge in [0, 0.05) is 18.6 Å². The van der Waals surface area contributed by atoms with E-state index in [4.69, 9.17) is 9.73 Å². The summed E-state index contributed by atoms with van der Waals surface area (Å²) in [5.41, 5.74) is 2.88. The van der Waals surface area contributed by atoms with Gasteiger partial charge in [0.05, 0.1) is 36.5 Å². The Bertz CT molecular complexity index is 1270. The second-order valence-electron chi connectivity index (χ2n) is 13.9. The highest BCUT2D eigenvalue weighted by Crippen LogP contribution is 2.39. The van der Waals surface area contributed by atoms with E-state index < -0.39 is 24.0 Å². The number of hydrogen-bond donors (Lipinski definition) is 6. The maximum absolute atomic E-state index is 13.4. The number of nitrogens with one attached hydrogen (secondary N) is 4. The Labute approximate surface area is 278 Å². The van der Waals surface area contributed by atoms with E-state index in [1.807, 2.05) is 65.0 Å². The van der Waals surface area contributed by atoms with Crippen molar-refractivity contribution in [1.29, 1.82) is 0 Å². The van der Waals surface area contributed by atoms with E-state index in [1.54, 1.807) is 12.6 Å². The largest absolute Gasteiger partial charge is 0.390 e. The molecule has 1 aromatic heterocycles. The van der Waals surface area contributed by atoms with E-state index in [0.717, 1.165) is 31.4 Å². The van der Waals surface area contributed by atoms with Crippen LogP contribution in [-0.2, 0) is 20.8 Å². The maximum Gasteiger partial charge on any atom is 0.256 e. The lowest BCUT2D eigenvalue weighted by molar-refractivity contribution is -0.152. The van der Waals surface area contributed by atoms with E-state index in [-0.39, 0.29) is 42.2 Å². The first kappa shape index (κ1) is 38.1. The molecular formula is C34H54N6O7. The Hall–Kier alpha value is -3.36. The van der Waals surface area contributed by atoms with Gasteiger partial charge in [-0.3, -0.25) is 29.3 Å². The van der Waals surface area contributed by atoms with Crippen LogP contribution < -0.4 is 21.6 Å². The SMILES string of the molecule is CC(C)ONO.Cc1nocc1C(=O)NCC(=O)NC(Cc1ccccc1)C(O)CN1CC2CCCCC2CC1C(=O)NC(C)(C)C. The number of carbonyl (C=O) groups excluding carboxylic acids is 3. The normalized spacial score (nSPS) is 21.1. The van der Waals surface area contributed by atoms with Gasteiger partial charge in [-0.1, -0.05) is 60.4 Å². The summed E-state index contributed by atoms with van der Waals surface area (Å²) < 4.78 is 4.82. The minimum Gasteiger partial charge on any atom is -0.390 e. The third kappa shape index (κ3) is 12.6. The number of fused-ring (bicyclic) bond motifs is 1. The zero-order valence-electron chi connectivity index (χ0n) is 28.6. The van der Waals surface area contributed by atoms with E-state index >= 15 is 0 Å². The minimum absolute atomic E-state index is 0.0101. The number of rotatable bonds is 12. The standard InChI is InChI=1S/C31H45N5O5.C3H9NO2/c1-20-24(19-41-35-20)29(39)32-16-28(38)33-25(14-21-10-6-5-7-11-21)27(37)18-36-17-23-13-9-8-12-22(23)15-26(36)30(40)34-31(2,3)4;1-3(2)6-4-5/h5-7,10-11,19,22-23,25-27,37H,8-9,12-18H2,1-4H3,(H,32,39)(H,33,38)(H,34,40);3-5H,1-2H3. The molecule has 1 saturated carbocycles. The van der Waals surface area contributed by atoms with Gasteiger partial charge in [0.2, 0.25) is 11.8 Å². The molecular weight excluding hydrogens is 604 g/mol. The first-order valence-electron chi connectivity index (χ1n) is 16.6. The number of aliphatic hydroxyl groups excluding tert-OH is 1. The first-order chi connectivity index (χ1) is 22.3. The molecule has 1 aromatic carbocycles. The fourth-order valence-corrected chi connectivity index (χ4v) is 6.28. The second-order valence-corrected chi connectivity index (χ2v) is 13.9. The molecule has 6 N–H and O–H groups in total. The predicted octanol–water partition coefficient (Wildman–Crippen LogP) is 2.90. The molecule has 2 aromatic rings. The zero-order chi connectivity index (χ0) is 34.6. The average Bonchev–Trinajstić information content (AvgIpc) is 3.45. The van der Waals surface area contributed by atoms with Crippen LogP contribution in [-0.4, -0.2) is 87.6 Å². The number of likely N-dealkylation sites (tertiary alicyclic amines) is 1. The average molecular weight is 659 g/mol. The predicted molar refractivity (Wildman–Crippen MR) is 176 cm³/mol. The quantitative estimate of drug-likeness (QED) is 0.186. The summed E-state index contributed by atoms with van der Waals surface area (Å²) in [5, 5.41) is 31.7. The number of carbonyl (C=O) groups is 3. The smallest absolute Gasteiger partial charge is 0.256 e. The van der Waals surface area contributed by atoms with Crippen LogP contribution >= 0.6 is 0 Å². The van der Waals surface area contributed by atoms with Crippen LogP contribution in [0.5, 0.6) is 0 Å². The Balaban J connectivity index is 0.000000913. The van der Waals surface area contributed by atoms with Gasteiger partial charge in [0.1, 0.15) is 11.8 Å². The van der Waals surface area contributed by atoms with Crippen LogP contribution in [0.15, 0.2) is 41.1 Å². The van der Waals surface area contributed by atoms with Crippen LogP contribution in [0.25, 0.3) is 0 Å². The molecule has 4 rings (SSSR count).